The van der Waals surface area contributed by atoms with Crippen molar-refractivity contribution in [2.45, 2.75) is 34.1 Å². The van der Waals surface area contributed by atoms with E-state index in [0.717, 1.165) is 6.42 Å². The molecule has 1 N–H and O–H groups in total. The number of hydrogen-bond acceptors (Lipinski definition) is 3. The molecule has 0 saturated heterocycles. The van der Waals surface area contributed by atoms with Crippen LogP contribution in [0.3, 0.4) is 0 Å². The van der Waals surface area contributed by atoms with Gasteiger partial charge in [0.15, 0.2) is 0 Å². The largest absolute Gasteiger partial charge is 0.490 e. The Kier molecular flexibility index (Phi) is 6.63. The summed E-state index contributed by atoms with van der Waals surface area (Å²) in [6.07, 6.45) is 0.882. The van der Waals surface area contributed by atoms with Crippen molar-refractivity contribution in [1.82, 2.24) is 0 Å². The number of amides is 2. The Hall–Kier alpha value is -2.24. The predicted molar refractivity (Wildman–Crippen MR) is 122 cm³/mol. The second-order valence-corrected chi connectivity index (χ2v) is 9.42. The van der Waals surface area contributed by atoms with E-state index in [4.69, 9.17) is 27.9 Å². The standard InChI is InChI=1S/C23H26Cl2N2O3/c1-14(2)9-10-27-19-8-6-16(12-20(19)30-13-23(3,4)22(27)29)26-21(28)17-11-15(24)5-7-18(17)25/h5-8,11-12,14H,9-10,13H2,1-4H3,(H,26,28). The smallest absolute Gasteiger partial charge is 0.257 e. The minimum absolute atomic E-state index is 0.0318. The molecule has 0 spiro atoms. The van der Waals surface area contributed by atoms with Crippen LogP contribution >= 0.6 is 23.2 Å². The summed E-state index contributed by atoms with van der Waals surface area (Å²) < 4.78 is 5.98. The third-order valence-corrected chi connectivity index (χ3v) is 5.59. The highest BCUT2D eigenvalue weighted by molar-refractivity contribution is 6.36. The van der Waals surface area contributed by atoms with Gasteiger partial charge < -0.3 is 15.0 Å². The van der Waals surface area contributed by atoms with Gasteiger partial charge in [0.2, 0.25) is 5.91 Å². The number of anilines is 2. The van der Waals surface area contributed by atoms with Crippen molar-refractivity contribution in [2.75, 3.05) is 23.4 Å². The number of ether oxygens (including phenoxy) is 1. The number of carbonyl (C=O) groups is 2. The molecule has 0 atom stereocenters. The van der Waals surface area contributed by atoms with Crippen LogP contribution in [0, 0.1) is 11.3 Å². The van der Waals surface area contributed by atoms with Gasteiger partial charge in [0.25, 0.3) is 5.91 Å². The zero-order valence-corrected chi connectivity index (χ0v) is 19.1. The van der Waals surface area contributed by atoms with Crippen molar-refractivity contribution in [3.63, 3.8) is 0 Å². The number of nitrogens with one attached hydrogen (secondary N) is 1. The van der Waals surface area contributed by atoms with Crippen LogP contribution in [-0.4, -0.2) is 25.0 Å². The van der Waals surface area contributed by atoms with Crippen molar-refractivity contribution in [2.24, 2.45) is 11.3 Å². The second-order valence-electron chi connectivity index (χ2n) is 8.57. The van der Waals surface area contributed by atoms with Gasteiger partial charge in [0, 0.05) is 23.3 Å². The van der Waals surface area contributed by atoms with Crippen LogP contribution in [0.25, 0.3) is 0 Å². The molecule has 1 aliphatic heterocycles. The van der Waals surface area contributed by atoms with E-state index in [2.05, 4.69) is 19.2 Å². The molecule has 0 saturated carbocycles. The number of rotatable bonds is 5. The summed E-state index contributed by atoms with van der Waals surface area (Å²) in [6.45, 7) is 8.89. The van der Waals surface area contributed by atoms with Gasteiger partial charge in [0.05, 0.1) is 21.7 Å². The van der Waals surface area contributed by atoms with Crippen LogP contribution in [0.1, 0.15) is 44.5 Å². The van der Waals surface area contributed by atoms with Gasteiger partial charge in [-0.25, -0.2) is 0 Å². The molecule has 0 radical (unpaired) electrons. The lowest BCUT2D eigenvalue weighted by molar-refractivity contribution is -0.127. The Morgan fingerprint density at radius 3 is 2.63 bits per heavy atom. The third kappa shape index (κ3) is 4.90. The number of benzene rings is 2. The van der Waals surface area contributed by atoms with E-state index in [-0.39, 0.29) is 24.0 Å². The molecule has 2 aromatic carbocycles. The molecule has 7 heteroatoms. The molecule has 0 aromatic heterocycles. The maximum absolute atomic E-state index is 13.1. The molecule has 0 unspecified atom stereocenters. The molecular formula is C23H26Cl2N2O3. The van der Waals surface area contributed by atoms with E-state index in [0.29, 0.717) is 39.6 Å². The zero-order chi connectivity index (χ0) is 22.1. The minimum atomic E-state index is -0.645. The number of hydrogen-bond donors (Lipinski definition) is 1. The topological polar surface area (TPSA) is 58.6 Å². The highest BCUT2D eigenvalue weighted by Gasteiger charge is 2.37. The zero-order valence-electron chi connectivity index (χ0n) is 17.6. The summed E-state index contributed by atoms with van der Waals surface area (Å²) in [5.74, 6) is 0.691. The number of fused-ring (bicyclic) bond motifs is 1. The molecule has 30 heavy (non-hydrogen) atoms. The highest BCUT2D eigenvalue weighted by Crippen LogP contribution is 2.38. The minimum Gasteiger partial charge on any atom is -0.490 e. The van der Waals surface area contributed by atoms with Gasteiger partial charge in [-0.05, 0) is 56.5 Å². The monoisotopic (exact) mass is 448 g/mol. The van der Waals surface area contributed by atoms with Crippen LogP contribution < -0.4 is 15.0 Å². The molecule has 160 valence electrons. The molecule has 1 heterocycles. The summed E-state index contributed by atoms with van der Waals surface area (Å²) in [5, 5.41) is 3.57. The van der Waals surface area contributed by atoms with Crippen molar-refractivity contribution >= 4 is 46.4 Å². The van der Waals surface area contributed by atoms with Crippen molar-refractivity contribution in [3.8, 4) is 5.75 Å². The molecule has 0 bridgehead atoms. The van der Waals surface area contributed by atoms with Gasteiger partial charge in [-0.15, -0.1) is 0 Å². The Labute approximate surface area is 187 Å². The molecular weight excluding hydrogens is 423 g/mol. The predicted octanol–water partition coefficient (Wildman–Crippen LogP) is 6.04. The lowest BCUT2D eigenvalue weighted by Crippen LogP contribution is -2.42. The summed E-state index contributed by atoms with van der Waals surface area (Å²) in [4.78, 5) is 27.6. The fourth-order valence-electron chi connectivity index (χ4n) is 3.20. The van der Waals surface area contributed by atoms with Crippen LogP contribution in [-0.2, 0) is 4.79 Å². The first-order valence-electron chi connectivity index (χ1n) is 9.94. The molecule has 2 amide bonds. The highest BCUT2D eigenvalue weighted by atomic mass is 35.5. The lowest BCUT2D eigenvalue weighted by atomic mass is 9.92. The Balaban J connectivity index is 1.90. The molecule has 0 fully saturated rings. The number of halogens is 2. The van der Waals surface area contributed by atoms with Crippen LogP contribution in [0.5, 0.6) is 5.75 Å². The van der Waals surface area contributed by atoms with Gasteiger partial charge >= 0.3 is 0 Å². The Bertz CT molecular complexity index is 973. The summed E-state index contributed by atoms with van der Waals surface area (Å²) >= 11 is 12.1. The average molecular weight is 449 g/mol. The summed E-state index contributed by atoms with van der Waals surface area (Å²) in [7, 11) is 0. The van der Waals surface area contributed by atoms with E-state index in [1.54, 1.807) is 29.2 Å². The number of nitrogens with zero attached hydrogens (tertiary/aromatic N) is 1. The van der Waals surface area contributed by atoms with Gasteiger partial charge in [-0.2, -0.15) is 0 Å². The first kappa shape index (κ1) is 22.4. The number of carbonyl (C=O) groups excluding carboxylic acids is 2. The van der Waals surface area contributed by atoms with Gasteiger partial charge in [-0.3, -0.25) is 9.59 Å². The van der Waals surface area contributed by atoms with Crippen LogP contribution in [0.15, 0.2) is 36.4 Å². The normalized spacial score (nSPS) is 15.4. The molecule has 1 aliphatic rings. The first-order chi connectivity index (χ1) is 14.1. The molecule has 0 aliphatic carbocycles. The summed E-state index contributed by atoms with van der Waals surface area (Å²) in [6, 6.07) is 10.0. The van der Waals surface area contributed by atoms with Gasteiger partial charge in [-0.1, -0.05) is 37.0 Å². The Morgan fingerprint density at radius 1 is 1.20 bits per heavy atom. The second kappa shape index (κ2) is 8.86. The van der Waals surface area contributed by atoms with Crippen LogP contribution in [0.2, 0.25) is 10.0 Å². The maximum atomic E-state index is 13.1. The fraction of sp³-hybridized carbons (Fsp3) is 0.391. The first-order valence-corrected chi connectivity index (χ1v) is 10.7. The third-order valence-electron chi connectivity index (χ3n) is 5.02. The summed E-state index contributed by atoms with van der Waals surface area (Å²) in [5.41, 5.74) is 0.902. The van der Waals surface area contributed by atoms with Crippen molar-refractivity contribution < 1.29 is 14.3 Å². The molecule has 3 rings (SSSR count). The SMILES string of the molecule is CC(C)CCN1C(=O)C(C)(C)COc2cc(NC(=O)c3cc(Cl)ccc3Cl)ccc21. The maximum Gasteiger partial charge on any atom is 0.257 e. The Morgan fingerprint density at radius 2 is 1.93 bits per heavy atom. The fourth-order valence-corrected chi connectivity index (χ4v) is 3.58. The van der Waals surface area contributed by atoms with E-state index < -0.39 is 5.41 Å². The van der Waals surface area contributed by atoms with E-state index in [9.17, 15) is 9.59 Å². The molecule has 5 nitrogen and oxygen atoms in total. The van der Waals surface area contributed by atoms with E-state index in [1.165, 1.54) is 6.07 Å². The van der Waals surface area contributed by atoms with E-state index in [1.807, 2.05) is 19.9 Å². The average Bonchev–Trinajstić information content (AvgIpc) is 2.77. The van der Waals surface area contributed by atoms with Crippen molar-refractivity contribution in [1.29, 1.82) is 0 Å². The van der Waals surface area contributed by atoms with Gasteiger partial charge in [0.1, 0.15) is 12.4 Å². The van der Waals surface area contributed by atoms with Crippen LogP contribution in [0.4, 0.5) is 11.4 Å². The molecule has 2 aromatic rings. The van der Waals surface area contributed by atoms with Crippen molar-refractivity contribution in [3.05, 3.63) is 52.0 Å². The van der Waals surface area contributed by atoms with E-state index >= 15 is 0 Å². The lowest BCUT2D eigenvalue weighted by Gasteiger charge is -2.28. The quantitative estimate of drug-likeness (QED) is 0.605.